The van der Waals surface area contributed by atoms with Gasteiger partial charge in [0.05, 0.1) is 17.7 Å². The number of rotatable bonds is 5. The molecule has 1 aromatic heterocycles. The van der Waals surface area contributed by atoms with Crippen LogP contribution < -0.4 is 10.6 Å². The maximum atomic E-state index is 11.5. The topological polar surface area (TPSA) is 104 Å². The molecule has 2 aromatic carbocycles. The molecule has 0 unspecified atom stereocenters. The number of anilines is 2. The molecule has 0 spiro atoms. The van der Waals surface area contributed by atoms with Crippen LogP contribution in [0.3, 0.4) is 0 Å². The van der Waals surface area contributed by atoms with Crippen LogP contribution in [0.2, 0.25) is 0 Å². The second-order valence-electron chi connectivity index (χ2n) is 6.06. The molecule has 2 heterocycles. The Labute approximate surface area is 155 Å². The Kier molecular flexibility index (Phi) is 4.15. The van der Waals surface area contributed by atoms with E-state index in [-0.39, 0.29) is 5.91 Å². The molecular formula is C20H15N5O2. The van der Waals surface area contributed by atoms with Crippen molar-refractivity contribution >= 4 is 17.3 Å². The van der Waals surface area contributed by atoms with Crippen molar-refractivity contribution in [2.24, 2.45) is 0 Å². The van der Waals surface area contributed by atoms with E-state index in [0.717, 1.165) is 22.5 Å². The second kappa shape index (κ2) is 6.77. The van der Waals surface area contributed by atoms with Gasteiger partial charge in [0, 0.05) is 23.4 Å². The lowest BCUT2D eigenvalue weighted by Crippen LogP contribution is -2.03. The third-order valence-electron chi connectivity index (χ3n) is 4.24. The minimum atomic E-state index is -0.0230. The molecule has 0 saturated heterocycles. The Morgan fingerprint density at radius 3 is 2.96 bits per heavy atom. The summed E-state index contributed by atoms with van der Waals surface area (Å²) in [6.45, 7) is 4.22. The summed E-state index contributed by atoms with van der Waals surface area (Å²) in [6.07, 6.45) is 2.07. The van der Waals surface area contributed by atoms with Crippen LogP contribution in [-0.4, -0.2) is 22.6 Å². The number of nitrogens with zero attached hydrogens (tertiary/aromatic N) is 3. The first-order chi connectivity index (χ1) is 13.2. The molecule has 4 rings (SSSR count). The highest BCUT2D eigenvalue weighted by molar-refractivity contribution is 5.99. The fourth-order valence-electron chi connectivity index (χ4n) is 2.93. The second-order valence-corrected chi connectivity index (χ2v) is 6.06. The SMILES string of the molecule is C=CCNc1ccc(-c2nc(-c3ccc4c(c3)CC(=O)N4)no2)cc1C#N. The standard InChI is InChI=1S/C20H15N5O2/c1-2-7-22-16-5-4-13(9-15(16)11-21)20-24-19(25-27-20)12-3-6-17-14(8-12)10-18(26)23-17/h2-6,8-9,22H,1,7,10H2,(H,23,26). The van der Waals surface area contributed by atoms with Gasteiger partial charge in [-0.1, -0.05) is 11.2 Å². The largest absolute Gasteiger partial charge is 0.381 e. The highest BCUT2D eigenvalue weighted by Crippen LogP contribution is 2.30. The van der Waals surface area contributed by atoms with Crippen molar-refractivity contribution in [3.8, 4) is 28.9 Å². The van der Waals surface area contributed by atoms with Crippen molar-refractivity contribution in [3.05, 3.63) is 60.2 Å². The Bertz CT molecular complexity index is 1090. The van der Waals surface area contributed by atoms with Gasteiger partial charge in [-0.25, -0.2) is 0 Å². The van der Waals surface area contributed by atoms with Crippen LogP contribution in [-0.2, 0) is 11.2 Å². The number of hydrogen-bond donors (Lipinski definition) is 2. The van der Waals surface area contributed by atoms with E-state index in [1.807, 2.05) is 24.3 Å². The quantitative estimate of drug-likeness (QED) is 0.679. The monoisotopic (exact) mass is 357 g/mol. The zero-order valence-electron chi connectivity index (χ0n) is 14.3. The molecule has 1 aliphatic rings. The number of carbonyl (C=O) groups excluding carboxylic acids is 1. The van der Waals surface area contributed by atoms with Gasteiger partial charge in [-0.15, -0.1) is 6.58 Å². The molecule has 3 aromatic rings. The van der Waals surface area contributed by atoms with Gasteiger partial charge in [0.1, 0.15) is 6.07 Å². The van der Waals surface area contributed by atoms with E-state index in [1.165, 1.54) is 0 Å². The van der Waals surface area contributed by atoms with E-state index in [9.17, 15) is 10.1 Å². The molecule has 0 bridgehead atoms. The molecule has 0 aliphatic carbocycles. The Morgan fingerprint density at radius 1 is 1.30 bits per heavy atom. The lowest BCUT2D eigenvalue weighted by Gasteiger charge is -2.06. The van der Waals surface area contributed by atoms with Gasteiger partial charge in [-0.3, -0.25) is 4.79 Å². The van der Waals surface area contributed by atoms with Gasteiger partial charge in [0.25, 0.3) is 5.89 Å². The number of amides is 1. The Morgan fingerprint density at radius 2 is 2.15 bits per heavy atom. The average Bonchev–Trinajstić information content (AvgIpc) is 3.31. The van der Waals surface area contributed by atoms with Gasteiger partial charge in [0.2, 0.25) is 11.7 Å². The van der Waals surface area contributed by atoms with E-state index in [0.29, 0.717) is 35.8 Å². The number of nitriles is 1. The van der Waals surface area contributed by atoms with E-state index >= 15 is 0 Å². The fraction of sp³-hybridized carbons (Fsp3) is 0.100. The van der Waals surface area contributed by atoms with Crippen molar-refractivity contribution in [2.45, 2.75) is 6.42 Å². The highest BCUT2D eigenvalue weighted by atomic mass is 16.5. The summed E-state index contributed by atoms with van der Waals surface area (Å²) < 4.78 is 5.38. The van der Waals surface area contributed by atoms with Crippen LogP contribution in [0, 0.1) is 11.3 Å². The number of benzene rings is 2. The predicted octanol–water partition coefficient (Wildman–Crippen LogP) is 3.37. The summed E-state index contributed by atoms with van der Waals surface area (Å²) in [4.78, 5) is 15.9. The van der Waals surface area contributed by atoms with Crippen LogP contribution in [0.1, 0.15) is 11.1 Å². The molecule has 132 valence electrons. The van der Waals surface area contributed by atoms with Gasteiger partial charge in [0.15, 0.2) is 0 Å². The number of fused-ring (bicyclic) bond motifs is 1. The van der Waals surface area contributed by atoms with Gasteiger partial charge in [-0.2, -0.15) is 10.2 Å². The summed E-state index contributed by atoms with van der Waals surface area (Å²) in [7, 11) is 0. The van der Waals surface area contributed by atoms with Crippen molar-refractivity contribution in [2.75, 3.05) is 17.2 Å². The maximum absolute atomic E-state index is 11.5. The van der Waals surface area contributed by atoms with Crippen LogP contribution in [0.5, 0.6) is 0 Å². The molecule has 1 amide bonds. The molecule has 7 nitrogen and oxygen atoms in total. The number of aromatic nitrogens is 2. The smallest absolute Gasteiger partial charge is 0.258 e. The minimum Gasteiger partial charge on any atom is -0.381 e. The Hall–Kier alpha value is -3.92. The third kappa shape index (κ3) is 3.16. The van der Waals surface area contributed by atoms with Crippen molar-refractivity contribution in [1.82, 2.24) is 10.1 Å². The van der Waals surface area contributed by atoms with Crippen LogP contribution in [0.25, 0.3) is 22.8 Å². The zero-order valence-corrected chi connectivity index (χ0v) is 14.3. The van der Waals surface area contributed by atoms with Gasteiger partial charge >= 0.3 is 0 Å². The summed E-state index contributed by atoms with van der Waals surface area (Å²) in [6, 6.07) is 13.0. The molecular weight excluding hydrogens is 342 g/mol. The van der Waals surface area contributed by atoms with Crippen LogP contribution in [0.15, 0.2) is 53.6 Å². The number of hydrogen-bond acceptors (Lipinski definition) is 6. The van der Waals surface area contributed by atoms with Crippen molar-refractivity contribution < 1.29 is 9.32 Å². The summed E-state index contributed by atoms with van der Waals surface area (Å²) in [5.41, 5.74) is 4.35. The molecule has 27 heavy (non-hydrogen) atoms. The normalized spacial score (nSPS) is 12.2. The lowest BCUT2D eigenvalue weighted by molar-refractivity contribution is -0.115. The van der Waals surface area contributed by atoms with E-state index in [2.05, 4.69) is 33.4 Å². The summed E-state index contributed by atoms with van der Waals surface area (Å²) in [5, 5.41) is 19.3. The van der Waals surface area contributed by atoms with E-state index in [4.69, 9.17) is 4.52 Å². The van der Waals surface area contributed by atoms with Crippen LogP contribution in [0.4, 0.5) is 11.4 Å². The number of carbonyl (C=O) groups is 1. The van der Waals surface area contributed by atoms with Crippen LogP contribution >= 0.6 is 0 Å². The third-order valence-corrected chi connectivity index (χ3v) is 4.24. The zero-order chi connectivity index (χ0) is 18.8. The molecule has 0 saturated carbocycles. The minimum absolute atomic E-state index is 0.0230. The fourth-order valence-corrected chi connectivity index (χ4v) is 2.93. The van der Waals surface area contributed by atoms with E-state index in [1.54, 1.807) is 18.2 Å². The molecule has 2 N–H and O–H groups in total. The first-order valence-corrected chi connectivity index (χ1v) is 8.34. The first kappa shape index (κ1) is 16.5. The molecule has 0 fully saturated rings. The van der Waals surface area contributed by atoms with Crippen molar-refractivity contribution in [1.29, 1.82) is 5.26 Å². The Balaban J connectivity index is 1.63. The molecule has 1 aliphatic heterocycles. The summed E-state index contributed by atoms with van der Waals surface area (Å²) in [5.74, 6) is 0.733. The molecule has 0 atom stereocenters. The average molecular weight is 357 g/mol. The van der Waals surface area contributed by atoms with E-state index < -0.39 is 0 Å². The predicted molar refractivity (Wildman–Crippen MR) is 101 cm³/mol. The highest BCUT2D eigenvalue weighted by Gasteiger charge is 2.19. The van der Waals surface area contributed by atoms with Crippen molar-refractivity contribution in [3.63, 3.8) is 0 Å². The number of nitrogens with one attached hydrogen (secondary N) is 2. The van der Waals surface area contributed by atoms with Gasteiger partial charge < -0.3 is 15.2 Å². The maximum Gasteiger partial charge on any atom is 0.258 e. The summed E-state index contributed by atoms with van der Waals surface area (Å²) >= 11 is 0. The first-order valence-electron chi connectivity index (χ1n) is 8.34. The molecule has 7 heteroatoms. The lowest BCUT2D eigenvalue weighted by atomic mass is 10.1. The molecule has 0 radical (unpaired) electrons. The van der Waals surface area contributed by atoms with Gasteiger partial charge in [-0.05, 0) is 42.0 Å².